The quantitative estimate of drug-likeness (QED) is 0.609. The summed E-state index contributed by atoms with van der Waals surface area (Å²) >= 11 is 0. The van der Waals surface area contributed by atoms with Crippen molar-refractivity contribution in [1.82, 2.24) is 5.01 Å². The fourth-order valence-electron chi connectivity index (χ4n) is 5.39. The molecule has 0 radical (unpaired) electrons. The van der Waals surface area contributed by atoms with Crippen LogP contribution in [0.3, 0.4) is 0 Å². The average Bonchev–Trinajstić information content (AvgIpc) is 3.26. The second kappa shape index (κ2) is 6.35. The number of fused-ring (bicyclic) bond motifs is 6. The van der Waals surface area contributed by atoms with Crippen LogP contribution in [0.1, 0.15) is 24.1 Å². The van der Waals surface area contributed by atoms with Crippen molar-refractivity contribution < 1.29 is 14.4 Å². The summed E-state index contributed by atoms with van der Waals surface area (Å²) in [5.74, 6) is -2.14. The van der Waals surface area contributed by atoms with Gasteiger partial charge in [-0.25, -0.2) is 4.90 Å². The van der Waals surface area contributed by atoms with E-state index in [2.05, 4.69) is 5.10 Å². The first-order chi connectivity index (χ1) is 15.1. The van der Waals surface area contributed by atoms with Crippen LogP contribution in [0.2, 0.25) is 0 Å². The first kappa shape index (κ1) is 18.0. The van der Waals surface area contributed by atoms with E-state index >= 15 is 0 Å². The second-order valence-electron chi connectivity index (χ2n) is 8.35. The van der Waals surface area contributed by atoms with Crippen molar-refractivity contribution in [3.63, 3.8) is 0 Å². The molecule has 2 amide bonds. The van der Waals surface area contributed by atoms with E-state index in [-0.39, 0.29) is 17.6 Å². The van der Waals surface area contributed by atoms with Crippen molar-refractivity contribution in [2.45, 2.75) is 19.0 Å². The number of carbonyl (C=O) groups excluding carboxylic acids is 3. The maximum absolute atomic E-state index is 13.7. The van der Waals surface area contributed by atoms with Gasteiger partial charge in [-0.1, -0.05) is 54.6 Å². The Morgan fingerprint density at radius 3 is 2.39 bits per heavy atom. The Kier molecular flexibility index (Phi) is 3.69. The number of anilines is 1. The van der Waals surface area contributed by atoms with Crippen LogP contribution in [0, 0.1) is 11.8 Å². The number of hydrogen-bond donors (Lipinski definition) is 0. The molecule has 6 rings (SSSR count). The van der Waals surface area contributed by atoms with E-state index in [4.69, 9.17) is 0 Å². The third-order valence-corrected chi connectivity index (χ3v) is 6.70. The molecule has 0 N–H and O–H groups in total. The van der Waals surface area contributed by atoms with Crippen molar-refractivity contribution in [2.24, 2.45) is 16.9 Å². The van der Waals surface area contributed by atoms with E-state index < -0.39 is 23.9 Å². The second-order valence-corrected chi connectivity index (χ2v) is 8.35. The minimum absolute atomic E-state index is 0.157. The molecule has 4 atom stereocenters. The topological polar surface area (TPSA) is 70.0 Å². The van der Waals surface area contributed by atoms with Gasteiger partial charge < -0.3 is 0 Å². The van der Waals surface area contributed by atoms with Crippen molar-refractivity contribution in [2.75, 3.05) is 4.90 Å². The molecule has 3 aromatic carbocycles. The van der Waals surface area contributed by atoms with E-state index in [1.807, 2.05) is 60.7 Å². The van der Waals surface area contributed by atoms with Gasteiger partial charge in [0.2, 0.25) is 11.8 Å². The largest absolute Gasteiger partial charge is 0.298 e. The molecule has 3 heterocycles. The van der Waals surface area contributed by atoms with E-state index in [1.165, 1.54) is 11.8 Å². The van der Waals surface area contributed by atoms with Crippen LogP contribution < -0.4 is 4.90 Å². The van der Waals surface area contributed by atoms with Crippen LogP contribution in [-0.2, 0) is 14.4 Å². The monoisotopic (exact) mass is 409 g/mol. The first-order valence-corrected chi connectivity index (χ1v) is 10.3. The summed E-state index contributed by atoms with van der Waals surface area (Å²) in [6.07, 6.45) is 1.71. The first-order valence-electron chi connectivity index (χ1n) is 10.3. The number of nitrogens with zero attached hydrogens (tertiary/aromatic N) is 3. The normalized spacial score (nSPS) is 26.2. The molecule has 152 valence electrons. The molecule has 3 aliphatic heterocycles. The molecule has 2 fully saturated rings. The highest BCUT2D eigenvalue weighted by Gasteiger charge is 2.64. The highest BCUT2D eigenvalue weighted by molar-refractivity contribution is 6.24. The highest BCUT2D eigenvalue weighted by Crippen LogP contribution is 2.52. The zero-order valence-corrected chi connectivity index (χ0v) is 16.8. The molecular weight excluding hydrogens is 390 g/mol. The predicted molar refractivity (Wildman–Crippen MR) is 117 cm³/mol. The van der Waals surface area contributed by atoms with Crippen molar-refractivity contribution in [3.05, 3.63) is 77.9 Å². The van der Waals surface area contributed by atoms with E-state index in [9.17, 15) is 14.4 Å². The lowest BCUT2D eigenvalue weighted by atomic mass is 9.84. The van der Waals surface area contributed by atoms with Crippen LogP contribution >= 0.6 is 0 Å². The van der Waals surface area contributed by atoms with E-state index in [1.54, 1.807) is 17.3 Å². The average molecular weight is 409 g/mol. The van der Waals surface area contributed by atoms with Gasteiger partial charge in [0.15, 0.2) is 5.78 Å². The zero-order valence-electron chi connectivity index (χ0n) is 16.8. The number of ketones is 1. The minimum Gasteiger partial charge on any atom is -0.298 e. The Morgan fingerprint density at radius 1 is 0.871 bits per heavy atom. The van der Waals surface area contributed by atoms with E-state index in [0.717, 1.165) is 21.9 Å². The minimum atomic E-state index is -0.749. The Balaban J connectivity index is 1.49. The van der Waals surface area contributed by atoms with Gasteiger partial charge >= 0.3 is 0 Å². The van der Waals surface area contributed by atoms with Gasteiger partial charge in [-0.15, -0.1) is 0 Å². The molecule has 2 saturated heterocycles. The molecule has 3 aliphatic rings. The fraction of sp³-hybridized carbons (Fsp3) is 0.200. The van der Waals surface area contributed by atoms with Crippen molar-refractivity contribution in [1.29, 1.82) is 0 Å². The highest BCUT2D eigenvalue weighted by atomic mass is 16.2. The Labute approximate surface area is 178 Å². The van der Waals surface area contributed by atoms with Gasteiger partial charge in [-0.3, -0.25) is 19.4 Å². The van der Waals surface area contributed by atoms with Crippen LogP contribution in [-0.4, -0.2) is 34.9 Å². The summed E-state index contributed by atoms with van der Waals surface area (Å²) in [5, 5.41) is 8.15. The third kappa shape index (κ3) is 2.39. The molecule has 3 aromatic rings. The number of Topliss-reactive ketones (excluding diaryl/α,β-unsaturated/α-hetero) is 1. The van der Waals surface area contributed by atoms with Crippen molar-refractivity contribution in [3.8, 4) is 0 Å². The summed E-state index contributed by atoms with van der Waals surface area (Å²) in [6, 6.07) is 19.9. The van der Waals surface area contributed by atoms with Gasteiger partial charge in [-0.2, -0.15) is 5.10 Å². The Hall–Kier alpha value is -3.80. The lowest BCUT2D eigenvalue weighted by Gasteiger charge is -2.33. The van der Waals surface area contributed by atoms with Crippen LogP contribution in [0.15, 0.2) is 71.8 Å². The molecule has 0 aliphatic carbocycles. The Bertz CT molecular complexity index is 1310. The summed E-state index contributed by atoms with van der Waals surface area (Å²) in [5.41, 5.74) is 2.39. The molecule has 0 spiro atoms. The lowest BCUT2D eigenvalue weighted by molar-refractivity contribution is -0.129. The van der Waals surface area contributed by atoms with Crippen molar-refractivity contribution >= 4 is 40.3 Å². The summed E-state index contributed by atoms with van der Waals surface area (Å²) in [6.45, 7) is 1.47. The summed E-state index contributed by atoms with van der Waals surface area (Å²) in [4.78, 5) is 41.2. The zero-order chi connectivity index (χ0) is 21.3. The number of benzene rings is 3. The van der Waals surface area contributed by atoms with Gasteiger partial charge in [0.1, 0.15) is 6.04 Å². The molecule has 31 heavy (non-hydrogen) atoms. The van der Waals surface area contributed by atoms with Gasteiger partial charge in [0.05, 0.1) is 29.8 Å². The third-order valence-electron chi connectivity index (χ3n) is 6.70. The number of rotatable bonds is 2. The maximum Gasteiger partial charge on any atom is 0.240 e. The molecule has 0 saturated carbocycles. The van der Waals surface area contributed by atoms with Crippen LogP contribution in [0.5, 0.6) is 0 Å². The predicted octanol–water partition coefficient (Wildman–Crippen LogP) is 3.31. The number of imide groups is 1. The molecule has 0 unspecified atom stereocenters. The maximum atomic E-state index is 13.7. The fourth-order valence-corrected chi connectivity index (χ4v) is 5.39. The molecule has 0 bridgehead atoms. The lowest BCUT2D eigenvalue weighted by Crippen LogP contribution is -2.43. The molecule has 6 heteroatoms. The van der Waals surface area contributed by atoms with Gasteiger partial charge in [-0.05, 0) is 41.0 Å². The van der Waals surface area contributed by atoms with Crippen LogP contribution in [0.25, 0.3) is 10.8 Å². The number of amides is 2. The standard InChI is InChI=1S/C25H19N3O3/c1-14(29)22-20-21(23-19-9-5-4-8-17(19)13-26-28(22)23)25(31)27(24(20)30)18-11-10-15-6-2-3-7-16(15)12-18/h2-13,20-23H,1H3/t20-,21-,22-,23-/m1/s1. The SMILES string of the molecule is CC(=O)[C@@H]1[C@@H]2C(=O)N(c3ccc4ccccc4c3)C(=O)[C@H]2[C@H]2c3ccccc3C=NN12. The van der Waals surface area contributed by atoms with Gasteiger partial charge in [0.25, 0.3) is 0 Å². The molecule has 6 nitrogen and oxygen atoms in total. The molecular formula is C25H19N3O3. The van der Waals surface area contributed by atoms with Crippen LogP contribution in [0.4, 0.5) is 5.69 Å². The summed E-state index contributed by atoms with van der Waals surface area (Å²) in [7, 11) is 0. The number of hydrazone groups is 1. The van der Waals surface area contributed by atoms with E-state index in [0.29, 0.717) is 5.69 Å². The van der Waals surface area contributed by atoms with Gasteiger partial charge in [0, 0.05) is 0 Å². The smallest absolute Gasteiger partial charge is 0.240 e. The molecule has 0 aromatic heterocycles. The number of carbonyl (C=O) groups is 3. The summed E-state index contributed by atoms with van der Waals surface area (Å²) < 4.78 is 0. The Morgan fingerprint density at radius 2 is 1.58 bits per heavy atom. The number of hydrogen-bond acceptors (Lipinski definition) is 5.